The van der Waals surface area contributed by atoms with Crippen molar-refractivity contribution in [1.29, 1.82) is 0 Å². The van der Waals surface area contributed by atoms with Gasteiger partial charge in [-0.3, -0.25) is 0 Å². The summed E-state index contributed by atoms with van der Waals surface area (Å²) in [6, 6.07) is 0. The molecule has 0 atom stereocenters. The van der Waals surface area contributed by atoms with Gasteiger partial charge in [0.2, 0.25) is 0 Å². The van der Waals surface area contributed by atoms with Crippen molar-refractivity contribution in [3.63, 3.8) is 0 Å². The van der Waals surface area contributed by atoms with Crippen molar-refractivity contribution in [1.82, 2.24) is 5.06 Å². The highest BCUT2D eigenvalue weighted by Gasteiger charge is 2.19. The predicted octanol–water partition coefficient (Wildman–Crippen LogP) is 0.300. The molecule has 1 aliphatic rings. The Kier molecular flexibility index (Phi) is 2.62. The maximum absolute atomic E-state index is 11.6. The Morgan fingerprint density at radius 3 is 2.45 bits per heavy atom. The molecule has 0 bridgehead atoms. The molecule has 11 heavy (non-hydrogen) atoms. The van der Waals surface area contributed by atoms with Crippen LogP contribution in [0.3, 0.4) is 0 Å². The first kappa shape index (κ1) is 8.67. The second-order valence-corrected chi connectivity index (χ2v) is 2.91. The Morgan fingerprint density at radius 2 is 2.00 bits per heavy atom. The van der Waals surface area contributed by atoms with Crippen LogP contribution in [0.4, 0.5) is 0 Å². The van der Waals surface area contributed by atoms with Crippen LogP contribution in [-0.4, -0.2) is 42.4 Å². The van der Waals surface area contributed by atoms with Crippen LogP contribution in [0.5, 0.6) is 0 Å². The third kappa shape index (κ3) is 2.27. The van der Waals surface area contributed by atoms with Gasteiger partial charge in [0.1, 0.15) is 0 Å². The molecule has 0 N–H and O–H groups in total. The lowest BCUT2D eigenvalue weighted by atomic mass is 10.3. The lowest BCUT2D eigenvalue weighted by Gasteiger charge is -2.49. The average molecular weight is 157 g/mol. The van der Waals surface area contributed by atoms with Gasteiger partial charge in [0.05, 0.1) is 19.6 Å². The van der Waals surface area contributed by atoms with Crippen LogP contribution in [0.1, 0.15) is 0 Å². The molecule has 1 fully saturated rings. The third-order valence-electron chi connectivity index (χ3n) is 1.98. The highest BCUT2D eigenvalue weighted by Crippen LogP contribution is 2.09. The average Bonchev–Trinajstić information content (AvgIpc) is 1.97. The molecule has 0 aromatic carbocycles. The van der Waals surface area contributed by atoms with E-state index in [0.29, 0.717) is 32.7 Å². The zero-order chi connectivity index (χ0) is 8.32. The molecule has 0 amide bonds. The van der Waals surface area contributed by atoms with E-state index in [4.69, 9.17) is 0 Å². The van der Waals surface area contributed by atoms with E-state index in [-0.39, 0.29) is 4.65 Å². The molecular weight excluding hydrogens is 144 g/mol. The zero-order valence-corrected chi connectivity index (χ0v) is 6.53. The normalized spacial score (nSPS) is 24.9. The zero-order valence-electron chi connectivity index (χ0n) is 6.53. The summed E-state index contributed by atoms with van der Waals surface area (Å²) in [5, 5.41) is 23.2. The van der Waals surface area contributed by atoms with Crippen molar-refractivity contribution in [2.75, 3.05) is 32.7 Å². The minimum atomic E-state index is -0.276. The second kappa shape index (κ2) is 3.32. The molecule has 1 aliphatic heterocycles. The quantitative estimate of drug-likeness (QED) is 0.329. The molecule has 0 aromatic heterocycles. The number of piperazine rings is 1. The van der Waals surface area contributed by atoms with Gasteiger partial charge in [0.25, 0.3) is 0 Å². The summed E-state index contributed by atoms with van der Waals surface area (Å²) in [4.78, 5) is 0. The van der Waals surface area contributed by atoms with E-state index in [2.05, 4.69) is 6.58 Å². The van der Waals surface area contributed by atoms with E-state index in [1.54, 1.807) is 6.08 Å². The van der Waals surface area contributed by atoms with Crippen LogP contribution in [0.15, 0.2) is 12.7 Å². The van der Waals surface area contributed by atoms with E-state index in [1.165, 1.54) is 0 Å². The lowest BCUT2D eigenvalue weighted by molar-refractivity contribution is -0.879. The third-order valence-corrected chi connectivity index (χ3v) is 1.98. The monoisotopic (exact) mass is 157 g/mol. The Bertz CT molecular complexity index is 141. The summed E-state index contributed by atoms with van der Waals surface area (Å²) in [6.45, 7) is 5.45. The van der Waals surface area contributed by atoms with Crippen molar-refractivity contribution in [3.8, 4) is 0 Å². The summed E-state index contributed by atoms with van der Waals surface area (Å²) in [6.07, 6.45) is 1.62. The standard InChI is InChI=1S/C7H13N2O2/c1-2-5-9(11)6-3-8(10)4-7-9/h2H,1,3-7H2/q-1. The van der Waals surface area contributed by atoms with Gasteiger partial charge in [-0.1, -0.05) is 6.58 Å². The molecule has 1 saturated heterocycles. The smallest absolute Gasteiger partial charge is 0.0969 e. The fourth-order valence-corrected chi connectivity index (χ4v) is 1.23. The van der Waals surface area contributed by atoms with Gasteiger partial charge in [-0.15, -0.1) is 0 Å². The van der Waals surface area contributed by atoms with Crippen LogP contribution < -0.4 is 0 Å². The molecule has 4 heteroatoms. The molecule has 1 heterocycles. The highest BCUT2D eigenvalue weighted by atomic mass is 16.6. The van der Waals surface area contributed by atoms with Crippen molar-refractivity contribution >= 4 is 0 Å². The van der Waals surface area contributed by atoms with Crippen LogP contribution in [0.2, 0.25) is 0 Å². The fourth-order valence-electron chi connectivity index (χ4n) is 1.23. The first-order valence-electron chi connectivity index (χ1n) is 3.76. The second-order valence-electron chi connectivity index (χ2n) is 2.91. The van der Waals surface area contributed by atoms with Gasteiger partial charge < -0.3 is 20.1 Å². The number of hydrogen-bond donors (Lipinski definition) is 0. The maximum atomic E-state index is 11.6. The van der Waals surface area contributed by atoms with Crippen LogP contribution in [0.25, 0.3) is 0 Å². The van der Waals surface area contributed by atoms with Crippen molar-refractivity contribution < 1.29 is 4.65 Å². The Labute approximate surface area is 66.5 Å². The van der Waals surface area contributed by atoms with Gasteiger partial charge in [0, 0.05) is 13.1 Å². The largest absolute Gasteiger partial charge is 0.785 e. The van der Waals surface area contributed by atoms with E-state index < -0.39 is 0 Å². The van der Waals surface area contributed by atoms with Crippen LogP contribution in [-0.2, 0) is 0 Å². The van der Waals surface area contributed by atoms with E-state index in [1.807, 2.05) is 0 Å². The molecule has 0 saturated carbocycles. The Morgan fingerprint density at radius 1 is 1.45 bits per heavy atom. The van der Waals surface area contributed by atoms with Gasteiger partial charge in [0.15, 0.2) is 0 Å². The fraction of sp³-hybridized carbons (Fsp3) is 0.714. The first-order chi connectivity index (χ1) is 5.16. The minimum absolute atomic E-state index is 0.276. The highest BCUT2D eigenvalue weighted by molar-refractivity contribution is 4.71. The van der Waals surface area contributed by atoms with E-state index in [9.17, 15) is 10.4 Å². The summed E-state index contributed by atoms with van der Waals surface area (Å²) >= 11 is 0. The topological polar surface area (TPSA) is 49.4 Å². The Hall–Kier alpha value is -0.420. The van der Waals surface area contributed by atoms with E-state index in [0.717, 1.165) is 5.06 Å². The molecule has 0 unspecified atom stereocenters. The molecule has 64 valence electrons. The van der Waals surface area contributed by atoms with Gasteiger partial charge in [-0.25, -0.2) is 0 Å². The number of quaternary nitrogens is 1. The van der Waals surface area contributed by atoms with Gasteiger partial charge in [-0.2, -0.15) is 0 Å². The molecule has 4 nitrogen and oxygen atoms in total. The molecule has 0 aromatic rings. The van der Waals surface area contributed by atoms with Gasteiger partial charge >= 0.3 is 0 Å². The van der Waals surface area contributed by atoms with Crippen molar-refractivity contribution in [2.45, 2.75) is 0 Å². The first-order valence-corrected chi connectivity index (χ1v) is 3.76. The molecular formula is C7H13N2O2-. The van der Waals surface area contributed by atoms with Crippen molar-refractivity contribution in [3.05, 3.63) is 23.1 Å². The van der Waals surface area contributed by atoms with Crippen LogP contribution >= 0.6 is 0 Å². The SMILES string of the molecule is C=CC[N+]1([O-])CCN([O-])CC1. The van der Waals surface area contributed by atoms with Crippen LogP contribution in [0, 0.1) is 10.4 Å². The molecule has 0 radical (unpaired) electrons. The summed E-state index contributed by atoms with van der Waals surface area (Å²) in [7, 11) is 0. The number of rotatable bonds is 2. The number of nitrogens with zero attached hydrogens (tertiary/aromatic N) is 2. The summed E-state index contributed by atoms with van der Waals surface area (Å²) in [5.74, 6) is 0. The predicted molar refractivity (Wildman–Crippen MR) is 43.4 cm³/mol. The van der Waals surface area contributed by atoms with Gasteiger partial charge in [-0.05, 0) is 6.08 Å². The van der Waals surface area contributed by atoms with E-state index >= 15 is 0 Å². The minimum Gasteiger partial charge on any atom is -0.785 e. The number of hydroxylamine groups is 5. The molecule has 0 aliphatic carbocycles. The Balaban J connectivity index is 2.41. The lowest BCUT2D eigenvalue weighted by Crippen LogP contribution is -2.54. The summed E-state index contributed by atoms with van der Waals surface area (Å²) in [5.41, 5.74) is 0. The van der Waals surface area contributed by atoms with Crippen molar-refractivity contribution in [2.24, 2.45) is 0 Å². The molecule has 0 spiro atoms. The summed E-state index contributed by atoms with van der Waals surface area (Å²) < 4.78 is -0.276. The molecule has 1 rings (SSSR count). The number of hydrogen-bond acceptors (Lipinski definition) is 3. The maximum Gasteiger partial charge on any atom is 0.0969 e.